The van der Waals surface area contributed by atoms with Gasteiger partial charge in [-0.15, -0.1) is 0 Å². The van der Waals surface area contributed by atoms with Gasteiger partial charge in [-0.2, -0.15) is 0 Å². The number of carbonyl (C=O) groups excluding carboxylic acids is 3. The summed E-state index contributed by atoms with van der Waals surface area (Å²) in [6, 6.07) is 12.0. The molecular formula is C26H27N3O3. The van der Waals surface area contributed by atoms with Gasteiger partial charge in [-0.25, -0.2) is 9.69 Å². The van der Waals surface area contributed by atoms with E-state index in [1.165, 1.54) is 0 Å². The van der Waals surface area contributed by atoms with Crippen LogP contribution in [0.25, 0.3) is 11.6 Å². The zero-order chi connectivity index (χ0) is 23.2. The molecule has 2 aromatic rings. The van der Waals surface area contributed by atoms with Gasteiger partial charge in [-0.3, -0.25) is 14.9 Å². The molecule has 1 saturated heterocycles. The van der Waals surface area contributed by atoms with Crippen LogP contribution in [0, 0.1) is 6.92 Å². The molecule has 32 heavy (non-hydrogen) atoms. The van der Waals surface area contributed by atoms with E-state index in [1.807, 2.05) is 13.0 Å². The molecule has 0 radical (unpaired) electrons. The molecule has 1 fully saturated rings. The second-order valence-electron chi connectivity index (χ2n) is 8.74. The first-order valence-corrected chi connectivity index (χ1v) is 10.7. The summed E-state index contributed by atoms with van der Waals surface area (Å²) in [6.45, 7) is 11.4. The Hall–Kier alpha value is -3.67. The lowest BCUT2D eigenvalue weighted by molar-refractivity contribution is -0.122. The highest BCUT2D eigenvalue weighted by molar-refractivity contribution is 6.39. The topological polar surface area (TPSA) is 69.7 Å². The van der Waals surface area contributed by atoms with Crippen LogP contribution in [0.2, 0.25) is 0 Å². The predicted molar refractivity (Wildman–Crippen MR) is 127 cm³/mol. The van der Waals surface area contributed by atoms with Crippen LogP contribution in [0.15, 0.2) is 54.1 Å². The largest absolute Gasteiger partial charge is 0.363 e. The minimum atomic E-state index is -0.745. The summed E-state index contributed by atoms with van der Waals surface area (Å²) in [5.41, 5.74) is 5.32. The Morgan fingerprint density at radius 3 is 2.38 bits per heavy atom. The zero-order valence-corrected chi connectivity index (χ0v) is 19.0. The molecule has 0 spiro atoms. The summed E-state index contributed by atoms with van der Waals surface area (Å²) in [4.78, 5) is 41.4. The molecule has 4 amide bonds. The number of nitrogens with zero attached hydrogens (tertiary/aromatic N) is 2. The SMILES string of the molecule is CCN1c2cc(C)c(/C=C3/C(=O)NC(=O)N(c4ccccc4)C3=O)cc2C(C)=CC1(C)C. The van der Waals surface area contributed by atoms with E-state index in [9.17, 15) is 14.4 Å². The number of nitrogens with one attached hydrogen (secondary N) is 1. The second-order valence-corrected chi connectivity index (χ2v) is 8.74. The number of aryl methyl sites for hydroxylation is 1. The van der Waals surface area contributed by atoms with Crippen molar-refractivity contribution in [3.05, 3.63) is 70.8 Å². The molecule has 6 heteroatoms. The first-order chi connectivity index (χ1) is 15.1. The lowest BCUT2D eigenvalue weighted by atomic mass is 9.86. The van der Waals surface area contributed by atoms with Crippen LogP contribution in [-0.4, -0.2) is 29.9 Å². The minimum absolute atomic E-state index is 0.0679. The molecule has 0 unspecified atom stereocenters. The molecule has 0 saturated carbocycles. The Kier molecular flexibility index (Phi) is 5.25. The summed E-state index contributed by atoms with van der Waals surface area (Å²) in [6.07, 6.45) is 3.82. The van der Waals surface area contributed by atoms with E-state index < -0.39 is 17.8 Å². The van der Waals surface area contributed by atoms with Crippen LogP contribution in [-0.2, 0) is 9.59 Å². The molecular weight excluding hydrogens is 402 g/mol. The number of urea groups is 1. The number of hydrogen-bond donors (Lipinski definition) is 1. The number of amides is 4. The first-order valence-electron chi connectivity index (χ1n) is 10.7. The molecule has 1 N–H and O–H groups in total. The number of allylic oxidation sites excluding steroid dienone is 1. The molecule has 4 rings (SSSR count). The summed E-state index contributed by atoms with van der Waals surface area (Å²) >= 11 is 0. The van der Waals surface area contributed by atoms with Gasteiger partial charge in [0.05, 0.1) is 11.2 Å². The standard InChI is InChI=1S/C26H27N3O3/c1-6-28-22-12-16(2)18(13-20(22)17(3)15-26(28,4)5)14-21-23(30)27-25(32)29(24(21)31)19-10-8-7-9-11-19/h7-15H,6H2,1-5H3,(H,27,30,32)/b21-14-. The number of imide groups is 2. The van der Waals surface area contributed by atoms with Gasteiger partial charge in [0.1, 0.15) is 5.57 Å². The molecule has 0 atom stereocenters. The maximum absolute atomic E-state index is 13.2. The third-order valence-corrected chi connectivity index (χ3v) is 6.10. The van der Waals surface area contributed by atoms with Crippen molar-refractivity contribution in [1.82, 2.24) is 5.32 Å². The number of anilines is 2. The predicted octanol–water partition coefficient (Wildman–Crippen LogP) is 4.68. The zero-order valence-electron chi connectivity index (χ0n) is 19.0. The fourth-order valence-electron chi connectivity index (χ4n) is 4.60. The Balaban J connectivity index is 1.80. The van der Waals surface area contributed by atoms with Gasteiger partial charge in [0.2, 0.25) is 0 Å². The van der Waals surface area contributed by atoms with Crippen LogP contribution in [0.5, 0.6) is 0 Å². The average Bonchev–Trinajstić information content (AvgIpc) is 2.72. The van der Waals surface area contributed by atoms with E-state index >= 15 is 0 Å². The molecule has 2 heterocycles. The van der Waals surface area contributed by atoms with E-state index in [1.54, 1.807) is 36.4 Å². The van der Waals surface area contributed by atoms with Crippen molar-refractivity contribution in [2.24, 2.45) is 0 Å². The minimum Gasteiger partial charge on any atom is -0.363 e. The summed E-state index contributed by atoms with van der Waals surface area (Å²) in [5.74, 6) is -1.32. The van der Waals surface area contributed by atoms with E-state index in [0.717, 1.165) is 39.4 Å². The smallest absolute Gasteiger partial charge is 0.335 e. The summed E-state index contributed by atoms with van der Waals surface area (Å²) in [5, 5.41) is 2.29. The summed E-state index contributed by atoms with van der Waals surface area (Å²) in [7, 11) is 0. The summed E-state index contributed by atoms with van der Waals surface area (Å²) < 4.78 is 0. The van der Waals surface area contributed by atoms with Gasteiger partial charge in [0.25, 0.3) is 11.8 Å². The quantitative estimate of drug-likeness (QED) is 0.568. The lowest BCUT2D eigenvalue weighted by Crippen LogP contribution is -2.54. The molecule has 164 valence electrons. The normalized spacial score (nSPS) is 19.1. The number of fused-ring (bicyclic) bond motifs is 1. The van der Waals surface area contributed by atoms with E-state index in [2.05, 4.69) is 50.1 Å². The average molecular weight is 430 g/mol. The van der Waals surface area contributed by atoms with Crippen molar-refractivity contribution in [2.45, 2.75) is 40.2 Å². The van der Waals surface area contributed by atoms with E-state index in [-0.39, 0.29) is 11.1 Å². The Bertz CT molecular complexity index is 1190. The molecule has 2 aromatic carbocycles. The van der Waals surface area contributed by atoms with Gasteiger partial charge >= 0.3 is 6.03 Å². The fraction of sp³-hybridized carbons (Fsp3) is 0.269. The van der Waals surface area contributed by atoms with Gasteiger partial charge in [-0.1, -0.05) is 24.3 Å². The molecule has 2 aliphatic rings. The van der Waals surface area contributed by atoms with Gasteiger partial charge in [0.15, 0.2) is 0 Å². The van der Waals surface area contributed by atoms with Crippen molar-refractivity contribution < 1.29 is 14.4 Å². The number of para-hydroxylation sites is 1. The Labute approximate surface area is 188 Å². The van der Waals surface area contributed by atoms with Crippen molar-refractivity contribution in [3.8, 4) is 0 Å². The van der Waals surface area contributed by atoms with Gasteiger partial charge in [0, 0.05) is 17.8 Å². The van der Waals surface area contributed by atoms with Crippen molar-refractivity contribution >= 4 is 40.9 Å². The van der Waals surface area contributed by atoms with Crippen molar-refractivity contribution in [1.29, 1.82) is 0 Å². The third-order valence-electron chi connectivity index (χ3n) is 6.10. The number of rotatable bonds is 3. The lowest BCUT2D eigenvalue weighted by Gasteiger charge is -2.43. The maximum atomic E-state index is 13.2. The number of carbonyl (C=O) groups is 3. The highest BCUT2D eigenvalue weighted by Crippen LogP contribution is 2.40. The second kappa shape index (κ2) is 7.79. The van der Waals surface area contributed by atoms with E-state index in [0.29, 0.717) is 5.69 Å². The molecule has 2 aliphatic heterocycles. The van der Waals surface area contributed by atoms with Crippen LogP contribution in [0.1, 0.15) is 44.4 Å². The highest BCUT2D eigenvalue weighted by Gasteiger charge is 2.37. The van der Waals surface area contributed by atoms with Crippen molar-refractivity contribution in [2.75, 3.05) is 16.3 Å². The van der Waals surface area contributed by atoms with Crippen LogP contribution >= 0.6 is 0 Å². The highest BCUT2D eigenvalue weighted by atomic mass is 16.2. The molecule has 0 aliphatic carbocycles. The van der Waals surface area contributed by atoms with Crippen LogP contribution < -0.4 is 15.1 Å². The number of hydrogen-bond acceptors (Lipinski definition) is 4. The van der Waals surface area contributed by atoms with E-state index in [4.69, 9.17) is 0 Å². The Morgan fingerprint density at radius 1 is 1.03 bits per heavy atom. The van der Waals surface area contributed by atoms with Crippen LogP contribution in [0.4, 0.5) is 16.2 Å². The maximum Gasteiger partial charge on any atom is 0.335 e. The third kappa shape index (κ3) is 3.51. The van der Waals surface area contributed by atoms with Gasteiger partial charge < -0.3 is 4.90 Å². The number of benzene rings is 2. The Morgan fingerprint density at radius 2 is 1.72 bits per heavy atom. The van der Waals surface area contributed by atoms with Gasteiger partial charge in [-0.05, 0) is 81.7 Å². The number of barbiturate groups is 1. The monoisotopic (exact) mass is 429 g/mol. The van der Waals surface area contributed by atoms with Crippen LogP contribution in [0.3, 0.4) is 0 Å². The molecule has 0 bridgehead atoms. The number of likely N-dealkylation sites (N-methyl/N-ethyl adjacent to an activating group) is 1. The fourth-order valence-corrected chi connectivity index (χ4v) is 4.60. The first kappa shape index (κ1) is 21.6. The molecule has 6 nitrogen and oxygen atoms in total. The molecule has 0 aromatic heterocycles. The van der Waals surface area contributed by atoms with Crippen molar-refractivity contribution in [3.63, 3.8) is 0 Å².